The van der Waals surface area contributed by atoms with Crippen LogP contribution < -0.4 is 0 Å². The molecule has 2 aromatic rings. The van der Waals surface area contributed by atoms with Crippen molar-refractivity contribution in [3.63, 3.8) is 0 Å². The van der Waals surface area contributed by atoms with Gasteiger partial charge >= 0.3 is 0 Å². The predicted octanol–water partition coefficient (Wildman–Crippen LogP) is 5.16. The van der Waals surface area contributed by atoms with Crippen LogP contribution in [-0.2, 0) is 22.7 Å². The lowest BCUT2D eigenvalue weighted by atomic mass is 9.92. The van der Waals surface area contributed by atoms with Crippen LogP contribution in [0, 0.1) is 5.92 Å². The molecule has 31 heavy (non-hydrogen) atoms. The Hall–Kier alpha value is -2.56. The molecule has 2 saturated carbocycles. The summed E-state index contributed by atoms with van der Waals surface area (Å²) in [5.74, 6) is 1.06. The standard InChI is InChI=1S/C26H34N2O3/c29-25(27(19-24-16-9-17-31-24)18-21-10-3-1-4-11-21)20-28(23-14-5-2-6-15-23)26(30)22-12-7-8-13-22/h1,3-4,9-11,16-17,22-23H,2,5-8,12-15,18-20H2. The van der Waals surface area contributed by atoms with Crippen molar-refractivity contribution in [1.82, 2.24) is 9.80 Å². The smallest absolute Gasteiger partial charge is 0.242 e. The molecular formula is C26H34N2O3. The number of furan rings is 1. The Morgan fingerprint density at radius 3 is 2.23 bits per heavy atom. The molecule has 5 heteroatoms. The molecule has 2 aliphatic carbocycles. The average molecular weight is 423 g/mol. The van der Waals surface area contributed by atoms with Crippen molar-refractivity contribution in [2.24, 2.45) is 5.92 Å². The quantitative estimate of drug-likeness (QED) is 0.590. The number of benzene rings is 1. The lowest BCUT2D eigenvalue weighted by molar-refractivity contribution is -0.146. The summed E-state index contributed by atoms with van der Waals surface area (Å²) in [5.41, 5.74) is 1.08. The summed E-state index contributed by atoms with van der Waals surface area (Å²) in [4.78, 5) is 30.7. The minimum absolute atomic E-state index is 0.00262. The summed E-state index contributed by atoms with van der Waals surface area (Å²) in [6.45, 7) is 1.10. The third-order valence-corrected chi connectivity index (χ3v) is 6.80. The van der Waals surface area contributed by atoms with Gasteiger partial charge in [-0.1, -0.05) is 62.4 Å². The second-order valence-electron chi connectivity index (χ2n) is 9.05. The highest BCUT2D eigenvalue weighted by Crippen LogP contribution is 2.30. The second kappa shape index (κ2) is 10.7. The second-order valence-corrected chi connectivity index (χ2v) is 9.05. The average Bonchev–Trinajstić information content (AvgIpc) is 3.52. The van der Waals surface area contributed by atoms with E-state index in [1.54, 1.807) is 6.26 Å². The van der Waals surface area contributed by atoms with Gasteiger partial charge in [0.05, 0.1) is 12.8 Å². The van der Waals surface area contributed by atoms with Crippen molar-refractivity contribution in [3.8, 4) is 0 Å². The van der Waals surface area contributed by atoms with Gasteiger partial charge in [0.15, 0.2) is 0 Å². The van der Waals surface area contributed by atoms with Gasteiger partial charge in [-0.2, -0.15) is 0 Å². The zero-order valence-electron chi connectivity index (χ0n) is 18.4. The number of hydrogen-bond acceptors (Lipinski definition) is 3. The Balaban J connectivity index is 1.51. The lowest BCUT2D eigenvalue weighted by Crippen LogP contribution is -2.49. The van der Waals surface area contributed by atoms with Crippen LogP contribution in [0.2, 0.25) is 0 Å². The van der Waals surface area contributed by atoms with E-state index < -0.39 is 0 Å². The molecule has 2 amide bonds. The molecule has 2 fully saturated rings. The first kappa shape index (κ1) is 21.7. The first-order valence-corrected chi connectivity index (χ1v) is 11.9. The molecule has 0 radical (unpaired) electrons. The summed E-state index contributed by atoms with van der Waals surface area (Å²) in [6, 6.07) is 14.0. The van der Waals surface area contributed by atoms with E-state index in [9.17, 15) is 9.59 Å². The van der Waals surface area contributed by atoms with Gasteiger partial charge in [0.2, 0.25) is 11.8 Å². The Morgan fingerprint density at radius 2 is 1.55 bits per heavy atom. The van der Waals surface area contributed by atoms with Crippen molar-refractivity contribution in [3.05, 3.63) is 60.1 Å². The first-order chi connectivity index (χ1) is 15.2. The molecule has 5 nitrogen and oxygen atoms in total. The number of carbonyl (C=O) groups excluding carboxylic acids is 2. The Morgan fingerprint density at radius 1 is 0.839 bits per heavy atom. The van der Waals surface area contributed by atoms with Crippen LogP contribution >= 0.6 is 0 Å². The van der Waals surface area contributed by atoms with E-state index in [4.69, 9.17) is 4.42 Å². The van der Waals surface area contributed by atoms with Gasteiger partial charge in [-0.25, -0.2) is 0 Å². The number of amides is 2. The molecule has 0 spiro atoms. The maximum absolute atomic E-state index is 13.5. The number of rotatable bonds is 8. The molecule has 0 bridgehead atoms. The first-order valence-electron chi connectivity index (χ1n) is 11.9. The van der Waals surface area contributed by atoms with E-state index in [0.29, 0.717) is 13.1 Å². The molecule has 0 aliphatic heterocycles. The van der Waals surface area contributed by atoms with Crippen LogP contribution in [0.4, 0.5) is 0 Å². The Kier molecular flexibility index (Phi) is 7.44. The zero-order valence-corrected chi connectivity index (χ0v) is 18.4. The summed E-state index contributed by atoms with van der Waals surface area (Å²) in [6.07, 6.45) is 11.4. The van der Waals surface area contributed by atoms with Gasteiger partial charge in [-0.15, -0.1) is 0 Å². The van der Waals surface area contributed by atoms with Crippen molar-refractivity contribution in [2.45, 2.75) is 76.9 Å². The van der Waals surface area contributed by atoms with Crippen LogP contribution in [0.3, 0.4) is 0 Å². The van der Waals surface area contributed by atoms with Crippen molar-refractivity contribution >= 4 is 11.8 Å². The molecule has 0 N–H and O–H groups in total. The third kappa shape index (κ3) is 5.78. The predicted molar refractivity (Wildman–Crippen MR) is 120 cm³/mol. The zero-order chi connectivity index (χ0) is 21.5. The summed E-state index contributed by atoms with van der Waals surface area (Å²) >= 11 is 0. The maximum atomic E-state index is 13.5. The van der Waals surface area contributed by atoms with Gasteiger partial charge in [0, 0.05) is 18.5 Å². The molecule has 0 atom stereocenters. The molecule has 0 saturated heterocycles. The minimum Gasteiger partial charge on any atom is -0.467 e. The largest absolute Gasteiger partial charge is 0.467 e. The van der Waals surface area contributed by atoms with E-state index in [1.807, 2.05) is 52.3 Å². The van der Waals surface area contributed by atoms with E-state index in [-0.39, 0.29) is 30.3 Å². The fourth-order valence-electron chi connectivity index (χ4n) is 5.06. The SMILES string of the molecule is O=C(CN(C(=O)C1CCCC1)C1CCCCC1)N(Cc1ccccc1)Cc1ccco1. The lowest BCUT2D eigenvalue weighted by Gasteiger charge is -2.37. The normalized spacial score (nSPS) is 17.5. The molecule has 166 valence electrons. The molecule has 1 aromatic heterocycles. The highest BCUT2D eigenvalue weighted by molar-refractivity contribution is 5.86. The van der Waals surface area contributed by atoms with Crippen LogP contribution in [0.15, 0.2) is 53.1 Å². The number of carbonyl (C=O) groups is 2. The number of hydrogen-bond donors (Lipinski definition) is 0. The van der Waals surface area contributed by atoms with Crippen LogP contribution in [0.25, 0.3) is 0 Å². The fourth-order valence-corrected chi connectivity index (χ4v) is 5.06. The van der Waals surface area contributed by atoms with Gasteiger partial charge in [-0.3, -0.25) is 9.59 Å². The highest BCUT2D eigenvalue weighted by atomic mass is 16.3. The van der Waals surface area contributed by atoms with Gasteiger partial charge in [0.1, 0.15) is 12.3 Å². The molecule has 1 aromatic carbocycles. The van der Waals surface area contributed by atoms with Gasteiger partial charge < -0.3 is 14.2 Å². The van der Waals surface area contributed by atoms with E-state index in [1.165, 1.54) is 6.42 Å². The fraction of sp³-hybridized carbons (Fsp3) is 0.538. The van der Waals surface area contributed by atoms with Crippen LogP contribution in [0.1, 0.15) is 69.1 Å². The van der Waals surface area contributed by atoms with Crippen molar-refractivity contribution in [1.29, 1.82) is 0 Å². The summed E-state index contributed by atoms with van der Waals surface area (Å²) < 4.78 is 5.53. The Bertz CT molecular complexity index is 822. The highest BCUT2D eigenvalue weighted by Gasteiger charge is 2.34. The number of nitrogens with zero attached hydrogens (tertiary/aromatic N) is 2. The van der Waals surface area contributed by atoms with Crippen LogP contribution in [0.5, 0.6) is 0 Å². The summed E-state index contributed by atoms with van der Waals surface area (Å²) in [5, 5.41) is 0. The molecule has 4 rings (SSSR count). The molecular weight excluding hydrogens is 388 g/mol. The van der Waals surface area contributed by atoms with Gasteiger partial charge in [-0.05, 0) is 43.4 Å². The minimum atomic E-state index is -0.00262. The van der Waals surface area contributed by atoms with Crippen molar-refractivity contribution in [2.75, 3.05) is 6.54 Å². The molecule has 2 aliphatic rings. The molecule has 0 unspecified atom stereocenters. The topological polar surface area (TPSA) is 53.8 Å². The van der Waals surface area contributed by atoms with E-state index in [2.05, 4.69) is 0 Å². The maximum Gasteiger partial charge on any atom is 0.242 e. The van der Waals surface area contributed by atoms with E-state index >= 15 is 0 Å². The van der Waals surface area contributed by atoms with Gasteiger partial charge in [0.25, 0.3) is 0 Å². The third-order valence-electron chi connectivity index (χ3n) is 6.80. The summed E-state index contributed by atoms with van der Waals surface area (Å²) in [7, 11) is 0. The monoisotopic (exact) mass is 422 g/mol. The van der Waals surface area contributed by atoms with Crippen molar-refractivity contribution < 1.29 is 14.0 Å². The molecule has 1 heterocycles. The Labute approximate surface area is 185 Å². The van der Waals surface area contributed by atoms with Crippen LogP contribution in [-0.4, -0.2) is 34.2 Å². The van der Waals surface area contributed by atoms with E-state index in [0.717, 1.165) is 62.7 Å².